The van der Waals surface area contributed by atoms with Gasteiger partial charge < -0.3 is 25.8 Å². The fourth-order valence-electron chi connectivity index (χ4n) is 4.02. The standard InChI is InChI=1S/C24H31N5O/c1-18-5-3-6-22-23(18)21(24(30)27-22)17-26-20-9-7-19(8-10-20)25-11-4-12-29-15-13-28(2)14-16-29/h3,5-10,17,25-26H,4,11-16H2,1-2H3,(H,27,30). The van der Waals surface area contributed by atoms with Gasteiger partial charge in [0.2, 0.25) is 0 Å². The average molecular weight is 406 g/mol. The number of amides is 1. The van der Waals surface area contributed by atoms with Crippen LogP contribution in [-0.2, 0) is 4.79 Å². The summed E-state index contributed by atoms with van der Waals surface area (Å²) in [5.41, 5.74) is 5.70. The predicted molar refractivity (Wildman–Crippen MR) is 125 cm³/mol. The first-order valence-corrected chi connectivity index (χ1v) is 10.7. The van der Waals surface area contributed by atoms with Gasteiger partial charge in [0.15, 0.2) is 0 Å². The second-order valence-corrected chi connectivity index (χ2v) is 8.16. The van der Waals surface area contributed by atoms with E-state index in [2.05, 4.69) is 44.9 Å². The van der Waals surface area contributed by atoms with Crippen LogP contribution < -0.4 is 16.0 Å². The van der Waals surface area contributed by atoms with E-state index in [0.717, 1.165) is 47.7 Å². The summed E-state index contributed by atoms with van der Waals surface area (Å²) in [6.45, 7) is 8.84. The van der Waals surface area contributed by atoms with E-state index in [1.807, 2.05) is 37.3 Å². The largest absolute Gasteiger partial charge is 0.385 e. The van der Waals surface area contributed by atoms with Crippen molar-refractivity contribution in [2.24, 2.45) is 0 Å². The summed E-state index contributed by atoms with van der Waals surface area (Å²) in [7, 11) is 2.19. The van der Waals surface area contributed by atoms with Gasteiger partial charge in [-0.05, 0) is 62.8 Å². The summed E-state index contributed by atoms with van der Waals surface area (Å²) in [5, 5.41) is 9.69. The van der Waals surface area contributed by atoms with E-state index >= 15 is 0 Å². The molecule has 1 amide bonds. The average Bonchev–Trinajstić information content (AvgIpc) is 3.08. The molecule has 0 spiro atoms. The molecule has 6 nitrogen and oxygen atoms in total. The number of likely N-dealkylation sites (N-methyl/N-ethyl adjacent to an activating group) is 1. The molecule has 0 atom stereocenters. The lowest BCUT2D eigenvalue weighted by Crippen LogP contribution is -2.44. The quantitative estimate of drug-likeness (QED) is 0.487. The molecule has 2 aliphatic rings. The van der Waals surface area contributed by atoms with Gasteiger partial charge in [-0.15, -0.1) is 0 Å². The molecule has 2 aromatic rings. The minimum absolute atomic E-state index is 0.0644. The summed E-state index contributed by atoms with van der Waals surface area (Å²) >= 11 is 0. The third-order valence-corrected chi connectivity index (χ3v) is 5.88. The van der Waals surface area contributed by atoms with E-state index in [1.165, 1.54) is 26.2 Å². The minimum atomic E-state index is -0.0644. The maximum atomic E-state index is 12.3. The fraction of sp³-hybridized carbons (Fsp3) is 0.375. The number of fused-ring (bicyclic) bond motifs is 1. The van der Waals surface area contributed by atoms with E-state index in [4.69, 9.17) is 0 Å². The van der Waals surface area contributed by atoms with E-state index in [1.54, 1.807) is 6.20 Å². The van der Waals surface area contributed by atoms with Gasteiger partial charge >= 0.3 is 0 Å². The minimum Gasteiger partial charge on any atom is -0.385 e. The normalized spacial score (nSPS) is 18.3. The molecule has 4 rings (SSSR count). The number of anilines is 3. The van der Waals surface area contributed by atoms with Crippen LogP contribution in [-0.4, -0.2) is 62.0 Å². The van der Waals surface area contributed by atoms with Crippen molar-refractivity contribution in [3.63, 3.8) is 0 Å². The summed E-state index contributed by atoms with van der Waals surface area (Å²) in [6, 6.07) is 14.1. The van der Waals surface area contributed by atoms with Crippen molar-refractivity contribution >= 4 is 28.5 Å². The molecule has 0 bridgehead atoms. The van der Waals surface area contributed by atoms with Gasteiger partial charge in [-0.3, -0.25) is 4.79 Å². The van der Waals surface area contributed by atoms with Gasteiger partial charge in [0.05, 0.1) is 5.57 Å². The number of aryl methyl sites for hydroxylation is 1. The third-order valence-electron chi connectivity index (χ3n) is 5.88. The number of nitrogens with zero attached hydrogens (tertiary/aromatic N) is 2. The Morgan fingerprint density at radius 1 is 1.03 bits per heavy atom. The first-order chi connectivity index (χ1) is 14.6. The molecule has 2 heterocycles. The lowest BCUT2D eigenvalue weighted by atomic mass is 10.0. The molecule has 30 heavy (non-hydrogen) atoms. The van der Waals surface area contributed by atoms with Crippen LogP contribution in [0.25, 0.3) is 5.57 Å². The number of benzene rings is 2. The highest BCUT2D eigenvalue weighted by atomic mass is 16.2. The van der Waals surface area contributed by atoms with Crippen LogP contribution in [0.3, 0.4) is 0 Å². The van der Waals surface area contributed by atoms with Gasteiger partial charge in [0.25, 0.3) is 5.91 Å². The molecule has 6 heteroatoms. The Labute approximate surface area is 178 Å². The number of hydrogen-bond donors (Lipinski definition) is 3. The Balaban J connectivity index is 1.26. The maximum Gasteiger partial charge on any atom is 0.257 e. The van der Waals surface area contributed by atoms with E-state index in [9.17, 15) is 4.79 Å². The van der Waals surface area contributed by atoms with Gasteiger partial charge in [-0.25, -0.2) is 0 Å². The highest BCUT2D eigenvalue weighted by molar-refractivity contribution is 6.32. The number of hydrogen-bond acceptors (Lipinski definition) is 5. The second-order valence-electron chi connectivity index (χ2n) is 8.16. The molecule has 158 valence electrons. The summed E-state index contributed by atoms with van der Waals surface area (Å²) in [4.78, 5) is 17.2. The molecule has 1 fully saturated rings. The maximum absolute atomic E-state index is 12.3. The Morgan fingerprint density at radius 2 is 1.77 bits per heavy atom. The molecule has 3 N–H and O–H groups in total. The summed E-state index contributed by atoms with van der Waals surface area (Å²) < 4.78 is 0. The van der Waals surface area contributed by atoms with Gasteiger partial charge in [-0.1, -0.05) is 12.1 Å². The molecule has 0 saturated carbocycles. The van der Waals surface area contributed by atoms with Gasteiger partial charge in [0, 0.05) is 61.5 Å². The van der Waals surface area contributed by atoms with Crippen LogP contribution in [0.5, 0.6) is 0 Å². The van der Waals surface area contributed by atoms with E-state index in [0.29, 0.717) is 5.57 Å². The number of piperazine rings is 1. The molecule has 0 aromatic heterocycles. The molecular weight excluding hydrogens is 374 g/mol. The van der Waals surface area contributed by atoms with Crippen molar-refractivity contribution in [1.29, 1.82) is 0 Å². The molecule has 2 aliphatic heterocycles. The fourth-order valence-corrected chi connectivity index (χ4v) is 4.02. The van der Waals surface area contributed by atoms with Crippen LogP contribution >= 0.6 is 0 Å². The monoisotopic (exact) mass is 405 g/mol. The van der Waals surface area contributed by atoms with Crippen molar-refractivity contribution in [3.8, 4) is 0 Å². The van der Waals surface area contributed by atoms with E-state index < -0.39 is 0 Å². The smallest absolute Gasteiger partial charge is 0.257 e. The predicted octanol–water partition coefficient (Wildman–Crippen LogP) is 3.45. The van der Waals surface area contributed by atoms with Crippen LogP contribution in [0.4, 0.5) is 17.1 Å². The Bertz CT molecular complexity index is 914. The second kappa shape index (κ2) is 9.32. The molecular formula is C24H31N5O. The van der Waals surface area contributed by atoms with Crippen molar-refractivity contribution in [1.82, 2.24) is 9.80 Å². The van der Waals surface area contributed by atoms with Crippen LogP contribution in [0.1, 0.15) is 17.5 Å². The van der Waals surface area contributed by atoms with Crippen molar-refractivity contribution < 1.29 is 4.79 Å². The molecule has 0 aliphatic carbocycles. The number of carbonyl (C=O) groups excluding carboxylic acids is 1. The third kappa shape index (κ3) is 4.83. The SMILES string of the molecule is Cc1cccc2c1C(=CNc1ccc(NCCCN3CCN(C)CC3)cc1)C(=O)N2. The van der Waals surface area contributed by atoms with E-state index in [-0.39, 0.29) is 5.91 Å². The van der Waals surface area contributed by atoms with Crippen LogP contribution in [0.2, 0.25) is 0 Å². The topological polar surface area (TPSA) is 59.6 Å². The Morgan fingerprint density at radius 3 is 2.53 bits per heavy atom. The summed E-state index contributed by atoms with van der Waals surface area (Å²) in [5.74, 6) is -0.0644. The Kier molecular flexibility index (Phi) is 6.35. The Hall–Kier alpha value is -2.83. The van der Waals surface area contributed by atoms with Gasteiger partial charge in [0.1, 0.15) is 0 Å². The molecule has 0 radical (unpaired) electrons. The number of nitrogens with one attached hydrogen (secondary N) is 3. The zero-order valence-corrected chi connectivity index (χ0v) is 17.9. The van der Waals surface area contributed by atoms with Crippen LogP contribution in [0.15, 0.2) is 48.7 Å². The van der Waals surface area contributed by atoms with Gasteiger partial charge in [-0.2, -0.15) is 0 Å². The van der Waals surface area contributed by atoms with Crippen molar-refractivity contribution in [2.75, 3.05) is 62.3 Å². The highest BCUT2D eigenvalue weighted by Crippen LogP contribution is 2.34. The highest BCUT2D eigenvalue weighted by Gasteiger charge is 2.25. The zero-order chi connectivity index (χ0) is 20.9. The first-order valence-electron chi connectivity index (χ1n) is 10.7. The van der Waals surface area contributed by atoms with Crippen LogP contribution in [0, 0.1) is 6.92 Å². The lowest BCUT2D eigenvalue weighted by Gasteiger charge is -2.32. The molecule has 1 saturated heterocycles. The first kappa shape index (κ1) is 20.4. The lowest BCUT2D eigenvalue weighted by molar-refractivity contribution is -0.110. The van der Waals surface area contributed by atoms with Crippen molar-refractivity contribution in [2.45, 2.75) is 13.3 Å². The number of carbonyl (C=O) groups is 1. The molecule has 2 aromatic carbocycles. The number of rotatable bonds is 7. The summed E-state index contributed by atoms with van der Waals surface area (Å²) in [6.07, 6.45) is 2.94. The zero-order valence-electron chi connectivity index (χ0n) is 17.9. The molecule has 0 unspecified atom stereocenters. The van der Waals surface area contributed by atoms with Crippen molar-refractivity contribution in [3.05, 3.63) is 59.8 Å².